The lowest BCUT2D eigenvalue weighted by molar-refractivity contribution is 0.0976. The van der Waals surface area contributed by atoms with Gasteiger partial charge in [0.05, 0.1) is 14.2 Å². The van der Waals surface area contributed by atoms with Crippen LogP contribution in [0.3, 0.4) is 0 Å². The number of methoxy groups -OCH3 is 2. The van der Waals surface area contributed by atoms with Crippen molar-refractivity contribution in [1.29, 1.82) is 0 Å². The van der Waals surface area contributed by atoms with Crippen LogP contribution in [0.15, 0.2) is 36.4 Å². The van der Waals surface area contributed by atoms with Gasteiger partial charge in [0.15, 0.2) is 11.5 Å². The van der Waals surface area contributed by atoms with Crippen molar-refractivity contribution in [3.05, 3.63) is 36.4 Å². The lowest BCUT2D eigenvalue weighted by Gasteiger charge is -2.27. The molecule has 1 atom stereocenters. The van der Waals surface area contributed by atoms with E-state index in [9.17, 15) is 0 Å². The van der Waals surface area contributed by atoms with Gasteiger partial charge in [-0.15, -0.1) is 0 Å². The van der Waals surface area contributed by atoms with Gasteiger partial charge in [-0.2, -0.15) is 0 Å². The van der Waals surface area contributed by atoms with E-state index in [1.807, 2.05) is 36.4 Å². The highest BCUT2D eigenvalue weighted by Crippen LogP contribution is 2.44. The predicted octanol–water partition coefficient (Wildman–Crippen LogP) is 2.47. The molecule has 0 fully saturated rings. The van der Waals surface area contributed by atoms with Crippen molar-refractivity contribution in [2.45, 2.75) is 6.10 Å². The Balaban J connectivity index is 2.09. The molecule has 2 aromatic rings. The van der Waals surface area contributed by atoms with E-state index >= 15 is 0 Å². The number of hydrogen-bond acceptors (Lipinski definition) is 5. The summed E-state index contributed by atoms with van der Waals surface area (Å²) in [6.45, 7) is 0.875. The predicted molar refractivity (Wildman–Crippen MR) is 83.9 cm³/mol. The van der Waals surface area contributed by atoms with Gasteiger partial charge in [0.1, 0.15) is 24.2 Å². The van der Waals surface area contributed by atoms with Gasteiger partial charge in [0, 0.05) is 23.7 Å². The number of hydrogen-bond donors (Lipinski definition) is 1. The smallest absolute Gasteiger partial charge is 0.169 e. The summed E-state index contributed by atoms with van der Waals surface area (Å²) in [4.78, 5) is 0. The van der Waals surface area contributed by atoms with Crippen LogP contribution in [0, 0.1) is 0 Å². The van der Waals surface area contributed by atoms with Gasteiger partial charge >= 0.3 is 0 Å². The highest BCUT2D eigenvalue weighted by atomic mass is 16.6. The van der Waals surface area contributed by atoms with Gasteiger partial charge in [0.2, 0.25) is 0 Å². The zero-order valence-corrected chi connectivity index (χ0v) is 12.7. The van der Waals surface area contributed by atoms with Gasteiger partial charge in [-0.3, -0.25) is 0 Å². The van der Waals surface area contributed by atoms with Crippen molar-refractivity contribution in [2.75, 3.05) is 27.4 Å². The largest absolute Gasteiger partial charge is 0.497 e. The van der Waals surface area contributed by atoms with Gasteiger partial charge < -0.3 is 24.7 Å². The van der Waals surface area contributed by atoms with Gasteiger partial charge in [0.25, 0.3) is 0 Å². The molecule has 0 aliphatic carbocycles. The van der Waals surface area contributed by atoms with Crippen LogP contribution in [0.25, 0.3) is 11.1 Å². The second-order valence-corrected chi connectivity index (χ2v) is 4.99. The number of fused-ring (bicyclic) bond motifs is 1. The molecule has 1 aliphatic rings. The van der Waals surface area contributed by atoms with Crippen LogP contribution in [-0.2, 0) is 0 Å². The molecule has 2 N–H and O–H groups in total. The fourth-order valence-corrected chi connectivity index (χ4v) is 2.48. The molecule has 3 rings (SSSR count). The highest BCUT2D eigenvalue weighted by Gasteiger charge is 2.24. The SMILES string of the molecule is COc1ccc(-c2cccc3c2O[C@@H](CN)CO3)c(OC)c1. The van der Waals surface area contributed by atoms with Crippen molar-refractivity contribution in [1.82, 2.24) is 0 Å². The Hall–Kier alpha value is -2.40. The Morgan fingerprint density at radius 2 is 2.00 bits per heavy atom. The van der Waals surface area contributed by atoms with E-state index in [4.69, 9.17) is 24.7 Å². The maximum Gasteiger partial charge on any atom is 0.169 e. The molecule has 0 radical (unpaired) electrons. The third kappa shape index (κ3) is 2.55. The summed E-state index contributed by atoms with van der Waals surface area (Å²) >= 11 is 0. The first kappa shape index (κ1) is 14.5. The van der Waals surface area contributed by atoms with Crippen LogP contribution < -0.4 is 24.7 Å². The minimum absolute atomic E-state index is 0.141. The fraction of sp³-hybridized carbons (Fsp3) is 0.294. The molecule has 1 heterocycles. The van der Waals surface area contributed by atoms with E-state index in [0.717, 1.165) is 22.6 Å². The van der Waals surface area contributed by atoms with Crippen LogP contribution in [0.5, 0.6) is 23.0 Å². The van der Waals surface area contributed by atoms with Crippen LogP contribution >= 0.6 is 0 Å². The summed E-state index contributed by atoms with van der Waals surface area (Å²) in [6.07, 6.45) is -0.141. The standard InChI is InChI=1S/C17H19NO4/c1-19-11-6-7-13(16(8-11)20-2)14-4-3-5-15-17(14)22-12(9-18)10-21-15/h3-8,12H,9-10,18H2,1-2H3/t12-/m0/s1. The maximum absolute atomic E-state index is 5.99. The first-order valence-corrected chi connectivity index (χ1v) is 7.11. The molecule has 0 saturated heterocycles. The molecule has 0 aromatic heterocycles. The second-order valence-electron chi connectivity index (χ2n) is 4.99. The molecule has 0 amide bonds. The molecule has 0 bridgehead atoms. The van der Waals surface area contributed by atoms with Crippen LogP contribution in [-0.4, -0.2) is 33.5 Å². The minimum Gasteiger partial charge on any atom is -0.497 e. The monoisotopic (exact) mass is 301 g/mol. The summed E-state index contributed by atoms with van der Waals surface area (Å²) in [6, 6.07) is 11.5. The maximum atomic E-state index is 5.99. The van der Waals surface area contributed by atoms with E-state index in [1.165, 1.54) is 0 Å². The van der Waals surface area contributed by atoms with E-state index < -0.39 is 0 Å². The van der Waals surface area contributed by atoms with Crippen molar-refractivity contribution in [3.8, 4) is 34.1 Å². The summed E-state index contributed by atoms with van der Waals surface area (Å²) < 4.78 is 22.5. The molecule has 5 nitrogen and oxygen atoms in total. The molecular formula is C17H19NO4. The topological polar surface area (TPSA) is 62.9 Å². The highest BCUT2D eigenvalue weighted by molar-refractivity contribution is 5.79. The molecule has 0 unspecified atom stereocenters. The van der Waals surface area contributed by atoms with E-state index in [1.54, 1.807) is 14.2 Å². The van der Waals surface area contributed by atoms with Crippen LogP contribution in [0.1, 0.15) is 0 Å². The first-order valence-electron chi connectivity index (χ1n) is 7.11. The second kappa shape index (κ2) is 6.15. The minimum atomic E-state index is -0.141. The third-order valence-corrected chi connectivity index (χ3v) is 3.65. The number of ether oxygens (including phenoxy) is 4. The number of rotatable bonds is 4. The molecule has 1 aliphatic heterocycles. The summed E-state index contributed by atoms with van der Waals surface area (Å²) in [5.41, 5.74) is 7.53. The van der Waals surface area contributed by atoms with Gasteiger partial charge in [-0.1, -0.05) is 12.1 Å². The average Bonchev–Trinajstić information content (AvgIpc) is 2.60. The molecule has 2 aromatic carbocycles. The summed E-state index contributed by atoms with van der Waals surface area (Å²) in [5.74, 6) is 2.88. The van der Waals surface area contributed by atoms with Crippen molar-refractivity contribution in [3.63, 3.8) is 0 Å². The Morgan fingerprint density at radius 3 is 2.73 bits per heavy atom. The molecule has 22 heavy (non-hydrogen) atoms. The van der Waals surface area contributed by atoms with Crippen molar-refractivity contribution < 1.29 is 18.9 Å². The zero-order valence-electron chi connectivity index (χ0n) is 12.7. The Kier molecular flexibility index (Phi) is 4.06. The first-order chi connectivity index (χ1) is 10.8. The summed E-state index contributed by atoms with van der Waals surface area (Å²) in [5, 5.41) is 0. The summed E-state index contributed by atoms with van der Waals surface area (Å²) in [7, 11) is 3.26. The quantitative estimate of drug-likeness (QED) is 0.940. The van der Waals surface area contributed by atoms with Crippen molar-refractivity contribution in [2.24, 2.45) is 5.73 Å². The van der Waals surface area contributed by atoms with Gasteiger partial charge in [-0.05, 0) is 18.2 Å². The Labute approximate surface area is 129 Å². The third-order valence-electron chi connectivity index (χ3n) is 3.65. The van der Waals surface area contributed by atoms with Crippen LogP contribution in [0.2, 0.25) is 0 Å². The molecule has 5 heteroatoms. The average molecular weight is 301 g/mol. The lowest BCUT2D eigenvalue weighted by Crippen LogP contribution is -2.35. The number of benzene rings is 2. The number of nitrogens with two attached hydrogens (primary N) is 1. The fourth-order valence-electron chi connectivity index (χ4n) is 2.48. The van der Waals surface area contributed by atoms with Gasteiger partial charge in [-0.25, -0.2) is 0 Å². The lowest BCUT2D eigenvalue weighted by atomic mass is 10.0. The molecule has 0 spiro atoms. The normalized spacial score (nSPS) is 16.2. The Bertz CT molecular complexity index is 672. The van der Waals surface area contributed by atoms with E-state index in [0.29, 0.717) is 24.7 Å². The zero-order chi connectivity index (χ0) is 15.5. The molecule has 116 valence electrons. The van der Waals surface area contributed by atoms with Crippen LogP contribution in [0.4, 0.5) is 0 Å². The molecule has 0 saturated carbocycles. The Morgan fingerprint density at radius 1 is 1.14 bits per heavy atom. The van der Waals surface area contributed by atoms with E-state index in [2.05, 4.69) is 0 Å². The molecular weight excluding hydrogens is 282 g/mol. The van der Waals surface area contributed by atoms with E-state index in [-0.39, 0.29) is 6.10 Å². The van der Waals surface area contributed by atoms with Crippen molar-refractivity contribution >= 4 is 0 Å². The number of para-hydroxylation sites is 1.